The highest BCUT2D eigenvalue weighted by Gasteiger charge is 2.68. The van der Waals surface area contributed by atoms with Gasteiger partial charge in [0.05, 0.1) is 11.7 Å². The summed E-state index contributed by atoms with van der Waals surface area (Å²) in [6, 6.07) is 0. The smallest absolute Gasteiger partial charge is 0.404 e. The van der Waals surface area contributed by atoms with E-state index in [2.05, 4.69) is 26.1 Å². The van der Waals surface area contributed by atoms with Crippen molar-refractivity contribution in [2.75, 3.05) is 6.54 Å². The molecule has 2 bridgehead atoms. The Hall–Kier alpha value is -0.0551. The Labute approximate surface area is 124 Å². The third kappa shape index (κ3) is 1.91. The highest BCUT2D eigenvalue weighted by atomic mass is 16.7. The van der Waals surface area contributed by atoms with Crippen LogP contribution in [0.25, 0.3) is 0 Å². The predicted octanol–water partition coefficient (Wildman–Crippen LogP) is 3.03. The minimum absolute atomic E-state index is 0.00218. The van der Waals surface area contributed by atoms with E-state index in [-0.39, 0.29) is 12.7 Å². The normalized spacial score (nSPS) is 48.1. The van der Waals surface area contributed by atoms with Gasteiger partial charge in [0.25, 0.3) is 0 Å². The second-order valence-electron chi connectivity index (χ2n) is 7.54. The first-order chi connectivity index (χ1) is 9.52. The quantitative estimate of drug-likeness (QED) is 0.748. The van der Waals surface area contributed by atoms with Gasteiger partial charge in [-0.05, 0) is 56.4 Å². The van der Waals surface area contributed by atoms with Crippen LogP contribution in [0.15, 0.2) is 0 Å². The molecule has 0 radical (unpaired) electrons. The van der Waals surface area contributed by atoms with Crippen LogP contribution in [0, 0.1) is 17.3 Å². The molecule has 3 nitrogen and oxygen atoms in total. The first-order valence-electron chi connectivity index (χ1n) is 8.58. The first kappa shape index (κ1) is 14.9. The van der Waals surface area contributed by atoms with Crippen LogP contribution in [0.4, 0.5) is 0 Å². The molecule has 5 rings (SSSR count). The fraction of sp³-hybridized carbons (Fsp3) is 1.00. The molecule has 5 unspecified atom stereocenters. The molecule has 0 spiro atoms. The van der Waals surface area contributed by atoms with Crippen molar-refractivity contribution in [3.05, 3.63) is 0 Å². The van der Waals surface area contributed by atoms with Gasteiger partial charge in [-0.3, -0.25) is 0 Å². The van der Waals surface area contributed by atoms with Gasteiger partial charge in [-0.1, -0.05) is 27.7 Å². The van der Waals surface area contributed by atoms with Gasteiger partial charge < -0.3 is 14.6 Å². The molecule has 4 heteroatoms. The van der Waals surface area contributed by atoms with Gasteiger partial charge in [0.15, 0.2) is 0 Å². The highest BCUT2D eigenvalue weighted by molar-refractivity contribution is 6.47. The van der Waals surface area contributed by atoms with Crippen LogP contribution in [0.1, 0.15) is 60.3 Å². The Morgan fingerprint density at radius 3 is 2.50 bits per heavy atom. The molecule has 0 aromatic carbocycles. The lowest BCUT2D eigenvalue weighted by atomic mass is 9.43. The second-order valence-corrected chi connectivity index (χ2v) is 7.54. The van der Waals surface area contributed by atoms with Crippen LogP contribution in [0.3, 0.4) is 0 Å². The topological polar surface area (TPSA) is 30.5 Å². The third-order valence-corrected chi connectivity index (χ3v) is 6.40. The molecule has 2 aliphatic heterocycles. The molecule has 3 saturated carbocycles. The number of hydrogen-bond acceptors (Lipinski definition) is 3. The second kappa shape index (κ2) is 5.00. The van der Waals surface area contributed by atoms with Crippen molar-refractivity contribution in [2.24, 2.45) is 17.3 Å². The van der Waals surface area contributed by atoms with E-state index >= 15 is 0 Å². The lowest BCUT2D eigenvalue weighted by Gasteiger charge is -2.64. The minimum atomic E-state index is -0.0345. The van der Waals surface area contributed by atoms with Gasteiger partial charge in [0.1, 0.15) is 0 Å². The maximum absolute atomic E-state index is 6.44. The van der Waals surface area contributed by atoms with Gasteiger partial charge in [-0.15, -0.1) is 0 Å². The summed E-state index contributed by atoms with van der Waals surface area (Å²) < 4.78 is 12.7. The third-order valence-electron chi connectivity index (χ3n) is 6.40. The molecule has 3 aliphatic carbocycles. The van der Waals surface area contributed by atoms with Crippen LogP contribution in [-0.4, -0.2) is 31.3 Å². The maximum Gasteiger partial charge on any atom is 0.475 e. The lowest BCUT2D eigenvalue weighted by molar-refractivity contribution is -0.199. The van der Waals surface area contributed by atoms with Crippen molar-refractivity contribution >= 4 is 7.12 Å². The van der Waals surface area contributed by atoms with Crippen molar-refractivity contribution in [1.82, 2.24) is 5.32 Å². The van der Waals surface area contributed by atoms with E-state index in [9.17, 15) is 0 Å². The molecule has 5 fully saturated rings. The van der Waals surface area contributed by atoms with E-state index in [1.807, 2.05) is 13.8 Å². The van der Waals surface area contributed by atoms with Crippen LogP contribution >= 0.6 is 0 Å². The minimum Gasteiger partial charge on any atom is -0.404 e. The molecule has 20 heavy (non-hydrogen) atoms. The summed E-state index contributed by atoms with van der Waals surface area (Å²) in [6.07, 6.45) is 5.33. The monoisotopic (exact) mass is 279 g/mol. The predicted molar refractivity (Wildman–Crippen MR) is 82.5 cm³/mol. The molecule has 0 aromatic rings. The molecular formula is C16H30BNO2. The summed E-state index contributed by atoms with van der Waals surface area (Å²) in [5.41, 5.74) is 0.416. The standard InChI is InChI=1S/C14H24BNO2.C2H6/c1-13(2)9-7-10(13)14(3)11(8-9)17-15(18-14)12-5-4-6-16-12;1-2/h9-12,16H,4-8H2,1-3H3;1-2H3. The molecule has 114 valence electrons. The Morgan fingerprint density at radius 1 is 1.15 bits per heavy atom. The van der Waals surface area contributed by atoms with Crippen LogP contribution in [0.2, 0.25) is 0 Å². The molecule has 1 N–H and O–H groups in total. The number of hydrogen-bond donors (Lipinski definition) is 1. The SMILES string of the molecule is CC.CC1(C)C2CC3OB(C4CCCN4)OC3(C)C1C2. The van der Waals surface area contributed by atoms with E-state index in [0.29, 0.717) is 23.4 Å². The van der Waals surface area contributed by atoms with Gasteiger partial charge in [0, 0.05) is 5.94 Å². The molecular weight excluding hydrogens is 249 g/mol. The zero-order chi connectivity index (χ0) is 14.5. The average molecular weight is 279 g/mol. The van der Waals surface area contributed by atoms with Gasteiger partial charge in [-0.2, -0.15) is 0 Å². The van der Waals surface area contributed by atoms with Gasteiger partial charge in [0.2, 0.25) is 0 Å². The number of rotatable bonds is 1. The maximum atomic E-state index is 6.44. The van der Waals surface area contributed by atoms with Gasteiger partial charge >= 0.3 is 7.12 Å². The summed E-state index contributed by atoms with van der Waals surface area (Å²) in [6.45, 7) is 12.2. The Bertz CT molecular complexity index is 369. The van der Waals surface area contributed by atoms with Crippen molar-refractivity contribution in [1.29, 1.82) is 0 Å². The van der Waals surface area contributed by atoms with Crippen molar-refractivity contribution in [3.8, 4) is 0 Å². The summed E-state index contributed by atoms with van der Waals surface area (Å²) in [5.74, 6) is 1.95. The fourth-order valence-corrected chi connectivity index (χ4v) is 5.01. The van der Waals surface area contributed by atoms with E-state index < -0.39 is 0 Å². The highest BCUT2D eigenvalue weighted by Crippen LogP contribution is 2.65. The molecule has 2 heterocycles. The summed E-state index contributed by atoms with van der Waals surface area (Å²) in [5, 5.41) is 3.52. The van der Waals surface area contributed by atoms with E-state index in [4.69, 9.17) is 9.31 Å². The summed E-state index contributed by atoms with van der Waals surface area (Å²) in [7, 11) is -0.00218. The lowest BCUT2D eigenvalue weighted by Crippen LogP contribution is -2.65. The van der Waals surface area contributed by atoms with Crippen molar-refractivity contribution < 1.29 is 9.31 Å². The largest absolute Gasteiger partial charge is 0.475 e. The molecule has 5 atom stereocenters. The molecule has 2 saturated heterocycles. The van der Waals surface area contributed by atoms with E-state index in [1.54, 1.807) is 0 Å². The Kier molecular flexibility index (Phi) is 3.71. The van der Waals surface area contributed by atoms with Gasteiger partial charge in [-0.25, -0.2) is 0 Å². The fourth-order valence-electron chi connectivity index (χ4n) is 5.01. The Morgan fingerprint density at radius 2 is 1.90 bits per heavy atom. The average Bonchev–Trinajstić information content (AvgIpc) is 3.05. The Balaban J connectivity index is 0.000000581. The van der Waals surface area contributed by atoms with Crippen LogP contribution < -0.4 is 5.32 Å². The number of nitrogens with one attached hydrogen (secondary N) is 1. The van der Waals surface area contributed by atoms with Crippen LogP contribution in [0.5, 0.6) is 0 Å². The van der Waals surface area contributed by atoms with Crippen molar-refractivity contribution in [2.45, 2.75) is 77.9 Å². The summed E-state index contributed by atoms with van der Waals surface area (Å²) >= 11 is 0. The van der Waals surface area contributed by atoms with E-state index in [0.717, 1.165) is 12.5 Å². The molecule has 0 amide bonds. The van der Waals surface area contributed by atoms with Crippen LogP contribution in [-0.2, 0) is 9.31 Å². The van der Waals surface area contributed by atoms with Crippen molar-refractivity contribution in [3.63, 3.8) is 0 Å². The zero-order valence-corrected chi connectivity index (χ0v) is 13.7. The zero-order valence-electron chi connectivity index (χ0n) is 13.7. The molecule has 5 aliphatic rings. The van der Waals surface area contributed by atoms with E-state index in [1.165, 1.54) is 25.7 Å². The summed E-state index contributed by atoms with van der Waals surface area (Å²) in [4.78, 5) is 0. The first-order valence-corrected chi connectivity index (χ1v) is 8.58. The molecule has 0 aromatic heterocycles.